The van der Waals surface area contributed by atoms with E-state index < -0.39 is 0 Å². The fraction of sp³-hybridized carbons (Fsp3) is 0.233. The third kappa shape index (κ3) is 5.04. The average Bonchev–Trinajstić information content (AvgIpc) is 2.86. The summed E-state index contributed by atoms with van der Waals surface area (Å²) < 4.78 is 6.40. The van der Waals surface area contributed by atoms with E-state index in [1.54, 1.807) is 0 Å². The molecule has 4 aromatic carbocycles. The third-order valence-corrected chi connectivity index (χ3v) is 6.96. The number of halogens is 1. The molecule has 0 radical (unpaired) electrons. The van der Waals surface area contributed by atoms with Crippen LogP contribution in [0, 0.1) is 6.92 Å². The summed E-state index contributed by atoms with van der Waals surface area (Å²) in [5.41, 5.74) is 10.7. The molecule has 1 heterocycles. The van der Waals surface area contributed by atoms with Gasteiger partial charge in [-0.3, -0.25) is 4.79 Å². The zero-order valence-corrected chi connectivity index (χ0v) is 20.8. The molecule has 5 rings (SSSR count). The van der Waals surface area contributed by atoms with Gasteiger partial charge in [-0.15, -0.1) is 12.4 Å². The lowest BCUT2D eigenvalue weighted by Crippen LogP contribution is -2.37. The Morgan fingerprint density at radius 1 is 1.03 bits per heavy atom. The van der Waals surface area contributed by atoms with E-state index in [0.717, 1.165) is 35.4 Å². The predicted octanol–water partition coefficient (Wildman–Crippen LogP) is 6.30. The number of benzene rings is 4. The smallest absolute Gasteiger partial charge is 0.248 e. The zero-order valence-electron chi connectivity index (χ0n) is 20.0. The van der Waals surface area contributed by atoms with Crippen LogP contribution >= 0.6 is 12.4 Å². The molecule has 5 heteroatoms. The van der Waals surface area contributed by atoms with Crippen LogP contribution in [0.5, 0.6) is 5.75 Å². The second-order valence-corrected chi connectivity index (χ2v) is 9.20. The maximum atomic E-state index is 12.0. The normalized spacial score (nSPS) is 17.7. The molecule has 0 aliphatic carbocycles. The first-order valence-electron chi connectivity index (χ1n) is 11.9. The summed E-state index contributed by atoms with van der Waals surface area (Å²) in [5, 5.41) is 6.23. The maximum absolute atomic E-state index is 12.0. The molecule has 35 heavy (non-hydrogen) atoms. The number of nitrogens with one attached hydrogen (secondary N) is 1. The second-order valence-electron chi connectivity index (χ2n) is 9.20. The van der Waals surface area contributed by atoms with E-state index >= 15 is 0 Å². The molecule has 4 nitrogen and oxygen atoms in total. The number of nitrogens with two attached hydrogens (primary N) is 1. The van der Waals surface area contributed by atoms with Crippen molar-refractivity contribution < 1.29 is 9.53 Å². The standard InChI is InChI=1S/C30H30N2O2.ClH/c1-19-14-15-22(16-27(19)30(31)33)28-17-23(34-29-13-6-5-11-26(28)29)18-32-20(2)24-12-7-9-21-8-3-4-10-25(21)24;/h3-16,20,23,28,32H,17-18H2,1-2H3,(H2,31,33);1H/t20-,23-,28+;/m1./s1. The molecule has 3 atom stereocenters. The lowest BCUT2D eigenvalue weighted by Gasteiger charge is -2.33. The van der Waals surface area contributed by atoms with E-state index in [9.17, 15) is 4.79 Å². The largest absolute Gasteiger partial charge is 0.489 e. The Balaban J connectivity index is 0.00000289. The van der Waals surface area contributed by atoms with Gasteiger partial charge in [0.05, 0.1) is 0 Å². The van der Waals surface area contributed by atoms with E-state index in [4.69, 9.17) is 10.5 Å². The third-order valence-electron chi connectivity index (χ3n) is 6.96. The first-order valence-corrected chi connectivity index (χ1v) is 11.9. The van der Waals surface area contributed by atoms with Crippen molar-refractivity contribution in [3.63, 3.8) is 0 Å². The monoisotopic (exact) mass is 486 g/mol. The van der Waals surface area contributed by atoms with Gasteiger partial charge in [-0.25, -0.2) is 0 Å². The molecule has 0 unspecified atom stereocenters. The summed E-state index contributed by atoms with van der Waals surface area (Å²) in [5.74, 6) is 0.662. The molecule has 0 aromatic heterocycles. The Morgan fingerprint density at radius 2 is 1.77 bits per heavy atom. The molecule has 4 aromatic rings. The number of carbonyl (C=O) groups excluding carboxylic acids is 1. The van der Waals surface area contributed by atoms with Crippen LogP contribution in [0.25, 0.3) is 10.8 Å². The maximum Gasteiger partial charge on any atom is 0.248 e. The molecule has 3 N–H and O–H groups in total. The van der Waals surface area contributed by atoms with Gasteiger partial charge >= 0.3 is 0 Å². The van der Waals surface area contributed by atoms with Crippen LogP contribution in [0.15, 0.2) is 84.9 Å². The van der Waals surface area contributed by atoms with Crippen molar-refractivity contribution in [2.24, 2.45) is 5.73 Å². The first-order chi connectivity index (χ1) is 16.5. The number of fused-ring (bicyclic) bond motifs is 2. The van der Waals surface area contributed by atoms with E-state index in [-0.39, 0.29) is 36.4 Å². The Labute approximate surface area is 212 Å². The van der Waals surface area contributed by atoms with E-state index in [1.807, 2.05) is 37.3 Å². The van der Waals surface area contributed by atoms with Gasteiger partial charge in [0.25, 0.3) is 0 Å². The van der Waals surface area contributed by atoms with Crippen LogP contribution in [-0.4, -0.2) is 18.6 Å². The van der Waals surface area contributed by atoms with Gasteiger partial charge in [-0.2, -0.15) is 0 Å². The van der Waals surface area contributed by atoms with Crippen LogP contribution in [0.3, 0.4) is 0 Å². The Morgan fingerprint density at radius 3 is 2.60 bits per heavy atom. The fourth-order valence-corrected chi connectivity index (χ4v) is 5.10. The molecule has 0 bridgehead atoms. The number of rotatable bonds is 6. The highest BCUT2D eigenvalue weighted by Crippen LogP contribution is 2.40. The molecule has 0 saturated carbocycles. The molecule has 1 aliphatic heterocycles. The summed E-state index contributed by atoms with van der Waals surface area (Å²) >= 11 is 0. The fourth-order valence-electron chi connectivity index (χ4n) is 5.10. The number of primary amides is 1. The molecule has 180 valence electrons. The first kappa shape index (κ1) is 24.8. The number of ether oxygens (including phenoxy) is 1. The van der Waals surface area contributed by atoms with Crippen LogP contribution < -0.4 is 15.8 Å². The van der Waals surface area contributed by atoms with E-state index in [1.165, 1.54) is 16.3 Å². The van der Waals surface area contributed by atoms with Gasteiger partial charge in [0.1, 0.15) is 11.9 Å². The number of carbonyl (C=O) groups is 1. The van der Waals surface area contributed by atoms with Crippen molar-refractivity contribution >= 4 is 29.1 Å². The van der Waals surface area contributed by atoms with Crippen molar-refractivity contribution in [1.29, 1.82) is 0 Å². The molecular formula is C30H31ClN2O2. The number of aryl methyl sites for hydroxylation is 1. The second kappa shape index (κ2) is 10.5. The van der Waals surface area contributed by atoms with Crippen LogP contribution in [0.1, 0.15) is 57.9 Å². The topological polar surface area (TPSA) is 64.3 Å². The van der Waals surface area contributed by atoms with Gasteiger partial charge in [0, 0.05) is 29.6 Å². The quantitative estimate of drug-likeness (QED) is 0.336. The minimum Gasteiger partial charge on any atom is -0.489 e. The van der Waals surface area contributed by atoms with Crippen molar-refractivity contribution in [2.75, 3.05) is 6.54 Å². The minimum absolute atomic E-state index is 0. The summed E-state index contributed by atoms with van der Waals surface area (Å²) in [6.07, 6.45) is 0.837. The van der Waals surface area contributed by atoms with Crippen LogP contribution in [0.2, 0.25) is 0 Å². The molecule has 0 fully saturated rings. The van der Waals surface area contributed by atoms with E-state index in [2.05, 4.69) is 66.8 Å². The molecular weight excluding hydrogens is 456 g/mol. The number of amides is 1. The zero-order chi connectivity index (χ0) is 23.7. The Bertz CT molecular complexity index is 1350. The van der Waals surface area contributed by atoms with Gasteiger partial charge in [0.2, 0.25) is 5.91 Å². The van der Waals surface area contributed by atoms with Crippen LogP contribution in [-0.2, 0) is 0 Å². The van der Waals surface area contributed by atoms with Crippen molar-refractivity contribution in [2.45, 2.75) is 38.3 Å². The summed E-state index contributed by atoms with van der Waals surface area (Å²) in [6.45, 7) is 4.85. The van der Waals surface area contributed by atoms with Gasteiger partial charge in [0.15, 0.2) is 0 Å². The molecule has 0 spiro atoms. The van der Waals surface area contributed by atoms with Gasteiger partial charge in [-0.05, 0) is 59.9 Å². The lowest BCUT2D eigenvalue weighted by molar-refractivity contribution is 0.0999. The highest BCUT2D eigenvalue weighted by atomic mass is 35.5. The van der Waals surface area contributed by atoms with Crippen molar-refractivity contribution in [1.82, 2.24) is 5.32 Å². The summed E-state index contributed by atoms with van der Waals surface area (Å²) in [7, 11) is 0. The highest BCUT2D eigenvalue weighted by molar-refractivity contribution is 5.94. The highest BCUT2D eigenvalue weighted by Gasteiger charge is 2.30. The van der Waals surface area contributed by atoms with Gasteiger partial charge < -0.3 is 15.8 Å². The Hall–Kier alpha value is -3.34. The number of hydrogen-bond acceptors (Lipinski definition) is 3. The molecule has 1 aliphatic rings. The average molecular weight is 487 g/mol. The Kier molecular flexibility index (Phi) is 7.44. The predicted molar refractivity (Wildman–Crippen MR) is 145 cm³/mol. The summed E-state index contributed by atoms with van der Waals surface area (Å²) in [4.78, 5) is 12.0. The SMILES string of the molecule is Cc1ccc([C@@H]2C[C@H](CN[C@H](C)c3cccc4ccccc34)Oc3ccccc32)cc1C(N)=O.Cl. The van der Waals surface area contributed by atoms with Crippen molar-refractivity contribution in [3.05, 3.63) is 113 Å². The van der Waals surface area contributed by atoms with Gasteiger partial charge in [-0.1, -0.05) is 72.8 Å². The molecule has 1 amide bonds. The minimum atomic E-state index is -0.387. The lowest BCUT2D eigenvalue weighted by atomic mass is 9.83. The van der Waals surface area contributed by atoms with Crippen molar-refractivity contribution in [3.8, 4) is 5.75 Å². The molecule has 0 saturated heterocycles. The number of para-hydroxylation sites is 1. The van der Waals surface area contributed by atoms with Crippen LogP contribution in [0.4, 0.5) is 0 Å². The van der Waals surface area contributed by atoms with E-state index in [0.29, 0.717) is 5.56 Å². The number of hydrogen-bond donors (Lipinski definition) is 2. The summed E-state index contributed by atoms with van der Waals surface area (Å²) in [6, 6.07) is 29.4.